The Hall–Kier alpha value is -6.90. The molecule has 0 unspecified atom stereocenters. The fraction of sp³-hybridized carbons (Fsp3) is 0.0566. The number of nitrogens with zero attached hydrogens (tertiary/aromatic N) is 2. The van der Waals surface area contributed by atoms with Gasteiger partial charge in [0.05, 0.1) is 22.1 Å². The summed E-state index contributed by atoms with van der Waals surface area (Å²) in [5.41, 5.74) is 21.0. The van der Waals surface area contributed by atoms with Crippen LogP contribution in [-0.2, 0) is 5.41 Å². The first-order valence-electron chi connectivity index (χ1n) is 19.2. The molecule has 0 N–H and O–H groups in total. The summed E-state index contributed by atoms with van der Waals surface area (Å²) in [4.78, 5) is 0. The molecule has 0 fully saturated rings. The molecule has 0 aliphatic heterocycles. The first-order chi connectivity index (χ1) is 27.0. The van der Waals surface area contributed by atoms with Crippen molar-refractivity contribution in [3.63, 3.8) is 0 Å². The minimum atomic E-state index is -0.0962. The standard InChI is InChI=1S/C53H36N2/c1-32-37-12-4-5-13-38(37)43-27-28-44-45-30-34(33-20-23-35(24-21-33)54-48-18-10-7-15-41(48)42-16-8-11-19-49(42)54)22-29-50(45)55(52(44)51(32)43)36-25-26-40-39-14-6-9-17-46(39)53(2,3)47(40)31-36/h4-31H,1H2,2-3H3. The molecule has 0 saturated carbocycles. The van der Waals surface area contributed by atoms with Crippen molar-refractivity contribution < 1.29 is 0 Å². The monoisotopic (exact) mass is 700 g/mol. The Morgan fingerprint density at radius 2 is 0.982 bits per heavy atom. The van der Waals surface area contributed by atoms with Gasteiger partial charge in [-0.3, -0.25) is 0 Å². The Balaban J connectivity index is 1.06. The summed E-state index contributed by atoms with van der Waals surface area (Å²) < 4.78 is 4.89. The zero-order valence-corrected chi connectivity index (χ0v) is 30.8. The first kappa shape index (κ1) is 30.6. The van der Waals surface area contributed by atoms with Gasteiger partial charge in [-0.05, 0) is 104 Å². The second-order valence-electron chi connectivity index (χ2n) is 15.8. The van der Waals surface area contributed by atoms with Crippen LogP contribution in [0.5, 0.6) is 0 Å². The van der Waals surface area contributed by atoms with Gasteiger partial charge in [-0.2, -0.15) is 0 Å². The van der Waals surface area contributed by atoms with Crippen molar-refractivity contribution in [1.29, 1.82) is 0 Å². The summed E-state index contributed by atoms with van der Waals surface area (Å²) in [6, 6.07) is 62.9. The molecule has 0 radical (unpaired) electrons. The lowest BCUT2D eigenvalue weighted by Gasteiger charge is -2.22. The number of fused-ring (bicyclic) bond motifs is 13. The topological polar surface area (TPSA) is 9.86 Å². The van der Waals surface area contributed by atoms with E-state index in [-0.39, 0.29) is 5.41 Å². The van der Waals surface area contributed by atoms with Crippen molar-refractivity contribution in [2.75, 3.05) is 0 Å². The van der Waals surface area contributed by atoms with Crippen molar-refractivity contribution in [3.05, 3.63) is 199 Å². The van der Waals surface area contributed by atoms with Crippen LogP contribution in [0.1, 0.15) is 36.1 Å². The molecule has 8 aromatic carbocycles. The Kier molecular flexibility index (Phi) is 6.02. The van der Waals surface area contributed by atoms with Gasteiger partial charge in [-0.1, -0.05) is 142 Å². The third kappa shape index (κ3) is 4.03. The van der Waals surface area contributed by atoms with Gasteiger partial charge in [0.1, 0.15) is 0 Å². The quantitative estimate of drug-likeness (QED) is 0.174. The van der Waals surface area contributed by atoms with E-state index < -0.39 is 0 Å². The third-order valence-corrected chi connectivity index (χ3v) is 12.6. The van der Waals surface area contributed by atoms with Crippen LogP contribution in [0.25, 0.3) is 93.9 Å². The van der Waals surface area contributed by atoms with E-state index in [1.807, 2.05) is 0 Å². The molecule has 258 valence electrons. The van der Waals surface area contributed by atoms with Crippen LogP contribution >= 0.6 is 0 Å². The summed E-state index contributed by atoms with van der Waals surface area (Å²) in [6.45, 7) is 9.44. The first-order valence-corrected chi connectivity index (χ1v) is 19.2. The van der Waals surface area contributed by atoms with Crippen LogP contribution in [0.4, 0.5) is 0 Å². The highest BCUT2D eigenvalue weighted by atomic mass is 15.0. The van der Waals surface area contributed by atoms with Crippen LogP contribution in [0.15, 0.2) is 176 Å². The molecule has 12 rings (SSSR count). The number of benzene rings is 8. The molecular formula is C53H36N2. The largest absolute Gasteiger partial charge is 0.309 e. The highest BCUT2D eigenvalue weighted by Crippen LogP contribution is 2.52. The molecule has 0 saturated heterocycles. The predicted octanol–water partition coefficient (Wildman–Crippen LogP) is 13.9. The van der Waals surface area contributed by atoms with E-state index >= 15 is 0 Å². The van der Waals surface area contributed by atoms with Crippen molar-refractivity contribution in [1.82, 2.24) is 9.13 Å². The van der Waals surface area contributed by atoms with Crippen molar-refractivity contribution in [2.45, 2.75) is 19.3 Å². The highest BCUT2D eigenvalue weighted by Gasteiger charge is 2.36. The third-order valence-electron chi connectivity index (χ3n) is 12.6. The number of aromatic nitrogens is 2. The molecule has 2 aromatic heterocycles. The normalized spacial score (nSPS) is 13.8. The molecule has 2 heteroatoms. The maximum atomic E-state index is 4.72. The van der Waals surface area contributed by atoms with Crippen molar-refractivity contribution in [2.24, 2.45) is 0 Å². The lowest BCUT2D eigenvalue weighted by molar-refractivity contribution is 0.660. The SMILES string of the molecule is C=C1c2ccccc2-c2ccc3c4cc(-c5ccc(-n6c7ccccc7c7ccccc76)cc5)ccc4n(-c4ccc5c(c4)C(C)(C)c4ccccc4-5)c3c21. The van der Waals surface area contributed by atoms with E-state index in [1.54, 1.807) is 0 Å². The average molecular weight is 701 g/mol. The zero-order chi connectivity index (χ0) is 36.6. The highest BCUT2D eigenvalue weighted by molar-refractivity contribution is 6.19. The minimum absolute atomic E-state index is 0.0962. The molecule has 10 aromatic rings. The van der Waals surface area contributed by atoms with E-state index in [9.17, 15) is 0 Å². The summed E-state index contributed by atoms with van der Waals surface area (Å²) in [5.74, 6) is 0. The number of para-hydroxylation sites is 2. The zero-order valence-electron chi connectivity index (χ0n) is 30.8. The van der Waals surface area contributed by atoms with Crippen molar-refractivity contribution >= 4 is 49.2 Å². The van der Waals surface area contributed by atoms with Crippen LogP contribution in [0.3, 0.4) is 0 Å². The minimum Gasteiger partial charge on any atom is -0.309 e. The smallest absolute Gasteiger partial charge is 0.0625 e. The number of hydrogen-bond acceptors (Lipinski definition) is 0. The lowest BCUT2D eigenvalue weighted by Crippen LogP contribution is -2.15. The molecule has 0 bridgehead atoms. The fourth-order valence-electron chi connectivity index (χ4n) is 10.0. The molecule has 2 heterocycles. The Morgan fingerprint density at radius 3 is 1.75 bits per heavy atom. The molecule has 2 aliphatic carbocycles. The van der Waals surface area contributed by atoms with Crippen molar-refractivity contribution in [3.8, 4) is 44.8 Å². The van der Waals surface area contributed by atoms with Gasteiger partial charge in [0.2, 0.25) is 0 Å². The molecule has 55 heavy (non-hydrogen) atoms. The molecule has 0 atom stereocenters. The summed E-state index contributed by atoms with van der Waals surface area (Å²) in [6.07, 6.45) is 0. The number of rotatable bonds is 3. The maximum Gasteiger partial charge on any atom is 0.0625 e. The van der Waals surface area contributed by atoms with Crippen LogP contribution in [-0.4, -0.2) is 9.13 Å². The van der Waals surface area contributed by atoms with E-state index in [1.165, 1.54) is 105 Å². The molecular weight excluding hydrogens is 665 g/mol. The second-order valence-corrected chi connectivity index (χ2v) is 15.8. The second kappa shape index (κ2) is 10.8. The van der Waals surface area contributed by atoms with Crippen LogP contribution < -0.4 is 0 Å². The fourth-order valence-corrected chi connectivity index (χ4v) is 10.0. The van der Waals surface area contributed by atoms with Gasteiger partial charge in [-0.15, -0.1) is 0 Å². The summed E-state index contributed by atoms with van der Waals surface area (Å²) in [5, 5.41) is 5.04. The molecule has 2 nitrogen and oxygen atoms in total. The van der Waals surface area contributed by atoms with Gasteiger partial charge >= 0.3 is 0 Å². The molecule has 0 amide bonds. The predicted molar refractivity (Wildman–Crippen MR) is 232 cm³/mol. The Bertz CT molecular complexity index is 3240. The van der Waals surface area contributed by atoms with Gasteiger partial charge in [0, 0.05) is 43.9 Å². The van der Waals surface area contributed by atoms with E-state index in [0.29, 0.717) is 0 Å². The maximum absolute atomic E-state index is 4.72. The average Bonchev–Trinajstić information content (AvgIpc) is 3.91. The Morgan fingerprint density at radius 1 is 0.400 bits per heavy atom. The Labute approximate surface area is 319 Å². The van der Waals surface area contributed by atoms with Gasteiger partial charge in [0.15, 0.2) is 0 Å². The van der Waals surface area contributed by atoms with E-state index in [0.717, 1.165) is 11.3 Å². The van der Waals surface area contributed by atoms with E-state index in [4.69, 9.17) is 6.58 Å². The summed E-state index contributed by atoms with van der Waals surface area (Å²) in [7, 11) is 0. The van der Waals surface area contributed by atoms with E-state index in [2.05, 4.69) is 193 Å². The molecule has 0 spiro atoms. The molecule has 2 aliphatic rings. The lowest BCUT2D eigenvalue weighted by atomic mass is 9.82. The summed E-state index contributed by atoms with van der Waals surface area (Å²) >= 11 is 0. The van der Waals surface area contributed by atoms with Gasteiger partial charge < -0.3 is 9.13 Å². The number of hydrogen-bond donors (Lipinski definition) is 0. The van der Waals surface area contributed by atoms with Crippen LogP contribution in [0, 0.1) is 0 Å². The van der Waals surface area contributed by atoms with Gasteiger partial charge in [0.25, 0.3) is 0 Å². The van der Waals surface area contributed by atoms with Crippen LogP contribution in [0.2, 0.25) is 0 Å². The van der Waals surface area contributed by atoms with Gasteiger partial charge in [-0.25, -0.2) is 0 Å².